The largest absolute Gasteiger partial charge is 0.379 e. The number of rotatable bonds is 5. The van der Waals surface area contributed by atoms with Gasteiger partial charge in [0.05, 0.1) is 12.6 Å². The van der Waals surface area contributed by atoms with E-state index in [1.807, 2.05) is 18.7 Å². The lowest BCUT2D eigenvalue weighted by molar-refractivity contribution is -0.162. The van der Waals surface area contributed by atoms with Gasteiger partial charge in [-0.2, -0.15) is 0 Å². The van der Waals surface area contributed by atoms with Crippen LogP contribution in [-0.4, -0.2) is 47.6 Å². The maximum Gasteiger partial charge on any atom is 0.246 e. The van der Waals surface area contributed by atoms with Crippen molar-refractivity contribution in [3.8, 4) is 0 Å². The molecule has 0 aromatic carbocycles. The molecular formula is C16H28N2O3. The Labute approximate surface area is 127 Å². The van der Waals surface area contributed by atoms with Gasteiger partial charge in [0.2, 0.25) is 11.8 Å². The van der Waals surface area contributed by atoms with Crippen molar-refractivity contribution in [1.29, 1.82) is 0 Å². The zero-order chi connectivity index (χ0) is 15.6. The maximum absolute atomic E-state index is 13.0. The summed E-state index contributed by atoms with van der Waals surface area (Å²) in [4.78, 5) is 27.6. The summed E-state index contributed by atoms with van der Waals surface area (Å²) in [6.45, 7) is 9.35. The molecule has 2 atom stereocenters. The average molecular weight is 296 g/mol. The molecule has 0 bridgehead atoms. The molecule has 0 aromatic heterocycles. The summed E-state index contributed by atoms with van der Waals surface area (Å²) in [5, 5.41) is 2.97. The van der Waals surface area contributed by atoms with Crippen molar-refractivity contribution in [2.24, 2.45) is 5.92 Å². The zero-order valence-electron chi connectivity index (χ0n) is 13.6. The molecule has 2 fully saturated rings. The first-order chi connectivity index (χ1) is 9.96. The molecule has 5 heteroatoms. The highest BCUT2D eigenvalue weighted by atomic mass is 16.5. The molecule has 2 amide bonds. The van der Waals surface area contributed by atoms with E-state index in [0.29, 0.717) is 38.4 Å². The standard InChI is InChI=1S/C16H28N2O3/c1-5-16(6-2)15(20)17-13(9-11(3)4)14(19)18(16)12-7-8-21-10-12/h11-13H,5-10H2,1-4H3,(H,17,20). The smallest absolute Gasteiger partial charge is 0.246 e. The summed E-state index contributed by atoms with van der Waals surface area (Å²) in [7, 11) is 0. The van der Waals surface area contributed by atoms with Crippen LogP contribution in [0.1, 0.15) is 53.4 Å². The monoisotopic (exact) mass is 296 g/mol. The third kappa shape index (κ3) is 2.80. The van der Waals surface area contributed by atoms with Crippen molar-refractivity contribution < 1.29 is 14.3 Å². The van der Waals surface area contributed by atoms with E-state index in [1.165, 1.54) is 0 Å². The molecule has 0 aliphatic carbocycles. The van der Waals surface area contributed by atoms with Crippen LogP contribution in [0.25, 0.3) is 0 Å². The first kappa shape index (κ1) is 16.3. The SMILES string of the molecule is CCC1(CC)C(=O)NC(CC(C)C)C(=O)N1C1CCOC1. The number of carbonyl (C=O) groups is 2. The van der Waals surface area contributed by atoms with Gasteiger partial charge in [-0.05, 0) is 31.6 Å². The van der Waals surface area contributed by atoms with Gasteiger partial charge >= 0.3 is 0 Å². The highest BCUT2D eigenvalue weighted by Gasteiger charge is 2.53. The van der Waals surface area contributed by atoms with E-state index in [4.69, 9.17) is 4.74 Å². The van der Waals surface area contributed by atoms with Crippen molar-refractivity contribution in [2.75, 3.05) is 13.2 Å². The van der Waals surface area contributed by atoms with E-state index < -0.39 is 5.54 Å². The van der Waals surface area contributed by atoms with Gasteiger partial charge in [0.25, 0.3) is 0 Å². The normalized spacial score (nSPS) is 29.1. The predicted molar refractivity (Wildman–Crippen MR) is 80.8 cm³/mol. The van der Waals surface area contributed by atoms with Crippen LogP contribution in [-0.2, 0) is 14.3 Å². The van der Waals surface area contributed by atoms with Crippen molar-refractivity contribution >= 4 is 11.8 Å². The highest BCUT2D eigenvalue weighted by molar-refractivity contribution is 6.00. The number of amides is 2. The fourth-order valence-corrected chi connectivity index (χ4v) is 3.64. The van der Waals surface area contributed by atoms with Crippen LogP contribution < -0.4 is 5.32 Å². The van der Waals surface area contributed by atoms with Crippen molar-refractivity contribution in [1.82, 2.24) is 10.2 Å². The third-order valence-corrected chi connectivity index (χ3v) is 4.87. The molecule has 2 saturated heterocycles. The summed E-state index contributed by atoms with van der Waals surface area (Å²) in [6.07, 6.45) is 2.81. The molecule has 21 heavy (non-hydrogen) atoms. The Balaban J connectivity index is 2.34. The zero-order valence-corrected chi connectivity index (χ0v) is 13.6. The lowest BCUT2D eigenvalue weighted by atomic mass is 9.83. The molecule has 0 saturated carbocycles. The lowest BCUT2D eigenvalue weighted by Crippen LogP contribution is -2.72. The molecule has 5 nitrogen and oxygen atoms in total. The molecule has 2 rings (SSSR count). The Kier molecular flexibility index (Phi) is 4.91. The fraction of sp³-hybridized carbons (Fsp3) is 0.875. The Morgan fingerprint density at radius 1 is 1.33 bits per heavy atom. The van der Waals surface area contributed by atoms with Crippen molar-refractivity contribution in [3.63, 3.8) is 0 Å². The molecule has 2 heterocycles. The van der Waals surface area contributed by atoms with Crippen molar-refractivity contribution in [3.05, 3.63) is 0 Å². The van der Waals surface area contributed by atoms with Crippen LogP contribution in [0, 0.1) is 5.92 Å². The highest BCUT2D eigenvalue weighted by Crippen LogP contribution is 2.34. The van der Waals surface area contributed by atoms with E-state index >= 15 is 0 Å². The van der Waals surface area contributed by atoms with Gasteiger partial charge in [0.1, 0.15) is 11.6 Å². The van der Waals surface area contributed by atoms with Gasteiger partial charge in [-0.3, -0.25) is 9.59 Å². The van der Waals surface area contributed by atoms with Gasteiger partial charge in [0, 0.05) is 6.61 Å². The Bertz CT molecular complexity index is 398. The Hall–Kier alpha value is -1.10. The minimum absolute atomic E-state index is 0.00431. The van der Waals surface area contributed by atoms with Gasteiger partial charge in [-0.15, -0.1) is 0 Å². The molecule has 0 spiro atoms. The topological polar surface area (TPSA) is 58.6 Å². The van der Waals surface area contributed by atoms with Crippen LogP contribution in [0.15, 0.2) is 0 Å². The van der Waals surface area contributed by atoms with Crippen LogP contribution in [0.4, 0.5) is 0 Å². The summed E-state index contributed by atoms with van der Waals surface area (Å²) in [6, 6.07) is -0.345. The molecule has 2 unspecified atom stereocenters. The van der Waals surface area contributed by atoms with Crippen LogP contribution >= 0.6 is 0 Å². The number of nitrogens with one attached hydrogen (secondary N) is 1. The van der Waals surface area contributed by atoms with E-state index in [1.54, 1.807) is 0 Å². The van der Waals surface area contributed by atoms with Gasteiger partial charge in [-0.25, -0.2) is 0 Å². The number of hydrogen-bond acceptors (Lipinski definition) is 3. The summed E-state index contributed by atoms with van der Waals surface area (Å²) < 4.78 is 5.47. The molecule has 120 valence electrons. The molecule has 1 N–H and O–H groups in total. The second-order valence-corrected chi connectivity index (χ2v) is 6.62. The second kappa shape index (κ2) is 6.34. The third-order valence-electron chi connectivity index (χ3n) is 4.87. The average Bonchev–Trinajstić information content (AvgIpc) is 2.95. The van der Waals surface area contributed by atoms with Crippen LogP contribution in [0.2, 0.25) is 0 Å². The van der Waals surface area contributed by atoms with Gasteiger partial charge < -0.3 is 15.0 Å². The van der Waals surface area contributed by atoms with E-state index in [0.717, 1.165) is 6.42 Å². The van der Waals surface area contributed by atoms with Gasteiger partial charge in [-0.1, -0.05) is 27.7 Å². The first-order valence-electron chi connectivity index (χ1n) is 8.18. The summed E-state index contributed by atoms with van der Waals surface area (Å²) in [5.41, 5.74) is -0.705. The number of nitrogens with zero attached hydrogens (tertiary/aromatic N) is 1. The quantitative estimate of drug-likeness (QED) is 0.840. The number of ether oxygens (including phenoxy) is 1. The molecule has 0 aromatic rings. The molecular weight excluding hydrogens is 268 g/mol. The van der Waals surface area contributed by atoms with Crippen LogP contribution in [0.5, 0.6) is 0 Å². The predicted octanol–water partition coefficient (Wildman–Crippen LogP) is 1.71. The number of carbonyl (C=O) groups excluding carboxylic acids is 2. The second-order valence-electron chi connectivity index (χ2n) is 6.62. The van der Waals surface area contributed by atoms with Gasteiger partial charge in [0.15, 0.2) is 0 Å². The minimum atomic E-state index is -0.705. The molecule has 0 radical (unpaired) electrons. The molecule has 2 aliphatic rings. The maximum atomic E-state index is 13.0. The van der Waals surface area contributed by atoms with E-state index in [-0.39, 0.29) is 23.9 Å². The molecule has 2 aliphatic heterocycles. The van der Waals surface area contributed by atoms with Crippen LogP contribution in [0.3, 0.4) is 0 Å². The van der Waals surface area contributed by atoms with E-state index in [2.05, 4.69) is 19.2 Å². The number of piperazine rings is 1. The Morgan fingerprint density at radius 2 is 2.00 bits per heavy atom. The first-order valence-corrected chi connectivity index (χ1v) is 8.18. The number of hydrogen-bond donors (Lipinski definition) is 1. The lowest BCUT2D eigenvalue weighted by Gasteiger charge is -2.50. The minimum Gasteiger partial charge on any atom is -0.379 e. The van der Waals surface area contributed by atoms with E-state index in [9.17, 15) is 9.59 Å². The van der Waals surface area contributed by atoms with Crippen molar-refractivity contribution in [2.45, 2.75) is 71.0 Å². The summed E-state index contributed by atoms with van der Waals surface area (Å²) in [5.74, 6) is 0.448. The Morgan fingerprint density at radius 3 is 2.48 bits per heavy atom. The fourth-order valence-electron chi connectivity index (χ4n) is 3.64. The summed E-state index contributed by atoms with van der Waals surface area (Å²) >= 11 is 0.